The van der Waals surface area contributed by atoms with Gasteiger partial charge in [0.2, 0.25) is 5.88 Å². The Morgan fingerprint density at radius 1 is 1.50 bits per heavy atom. The van der Waals surface area contributed by atoms with Crippen LogP contribution in [0, 0.1) is 12.8 Å². The number of thiophene rings is 1. The molecule has 2 heterocycles. The van der Waals surface area contributed by atoms with Crippen molar-refractivity contribution in [1.29, 1.82) is 0 Å². The molecule has 0 aliphatic rings. The quantitative estimate of drug-likeness (QED) is 0.887. The molecule has 5 nitrogen and oxygen atoms in total. The Morgan fingerprint density at radius 3 is 2.85 bits per heavy atom. The van der Waals surface area contributed by atoms with Gasteiger partial charge in [-0.15, -0.1) is 11.3 Å². The number of nitrogens with zero attached hydrogens (tertiary/aromatic N) is 1. The van der Waals surface area contributed by atoms with Gasteiger partial charge in [0.15, 0.2) is 0 Å². The number of aromatic nitrogens is 1. The van der Waals surface area contributed by atoms with Gasteiger partial charge >= 0.3 is 0 Å². The fourth-order valence-corrected chi connectivity index (χ4v) is 2.67. The number of aryl methyl sites for hydroxylation is 1. The Balaban J connectivity index is 2.19. The molecular weight excluding hydrogens is 274 g/mol. The number of amides is 1. The molecular formula is C14H19N3O2S. The number of carbonyl (C=O) groups is 1. The van der Waals surface area contributed by atoms with Crippen LogP contribution in [0.25, 0.3) is 10.6 Å². The number of carbonyl (C=O) groups excluding carboxylic acids is 1. The van der Waals surface area contributed by atoms with E-state index in [0.29, 0.717) is 23.7 Å². The van der Waals surface area contributed by atoms with E-state index in [1.165, 1.54) is 0 Å². The number of hydrogen-bond donors (Lipinski definition) is 2. The molecule has 0 aromatic carbocycles. The summed E-state index contributed by atoms with van der Waals surface area (Å²) in [6, 6.07) is 3.90. The maximum Gasteiger partial charge on any atom is 0.259 e. The minimum Gasteiger partial charge on any atom is -0.367 e. The highest BCUT2D eigenvalue weighted by molar-refractivity contribution is 7.15. The van der Waals surface area contributed by atoms with Crippen LogP contribution < -0.4 is 11.1 Å². The molecule has 0 saturated heterocycles. The summed E-state index contributed by atoms with van der Waals surface area (Å²) >= 11 is 1.56. The zero-order valence-electron chi connectivity index (χ0n) is 11.9. The van der Waals surface area contributed by atoms with Crippen LogP contribution in [0.15, 0.2) is 16.7 Å². The van der Waals surface area contributed by atoms with Crippen LogP contribution >= 0.6 is 11.3 Å². The SMILES string of the molecule is Cc1ccc(-c2noc(N)c2C(=O)NCCC(C)C)s1. The molecule has 20 heavy (non-hydrogen) atoms. The largest absolute Gasteiger partial charge is 0.367 e. The third-order valence-electron chi connectivity index (χ3n) is 2.93. The highest BCUT2D eigenvalue weighted by Crippen LogP contribution is 2.32. The third-order valence-corrected chi connectivity index (χ3v) is 3.93. The van der Waals surface area contributed by atoms with E-state index in [9.17, 15) is 4.79 Å². The average molecular weight is 293 g/mol. The smallest absolute Gasteiger partial charge is 0.259 e. The number of nitrogens with two attached hydrogens (primary N) is 1. The molecule has 0 aliphatic heterocycles. The molecule has 2 rings (SSSR count). The molecule has 0 aliphatic carbocycles. The van der Waals surface area contributed by atoms with Crippen LogP contribution in [0.4, 0.5) is 5.88 Å². The van der Waals surface area contributed by atoms with E-state index in [1.807, 2.05) is 19.1 Å². The molecule has 2 aromatic heterocycles. The van der Waals surface area contributed by atoms with Crippen molar-refractivity contribution >= 4 is 23.1 Å². The topological polar surface area (TPSA) is 81.2 Å². The fraction of sp³-hybridized carbons (Fsp3) is 0.429. The summed E-state index contributed by atoms with van der Waals surface area (Å²) in [5.41, 5.74) is 6.58. The van der Waals surface area contributed by atoms with E-state index in [0.717, 1.165) is 16.2 Å². The van der Waals surface area contributed by atoms with Crippen LogP contribution in [-0.2, 0) is 0 Å². The summed E-state index contributed by atoms with van der Waals surface area (Å²) in [6.45, 7) is 6.84. The lowest BCUT2D eigenvalue weighted by Gasteiger charge is -2.06. The van der Waals surface area contributed by atoms with Gasteiger partial charge in [0.1, 0.15) is 11.3 Å². The van der Waals surface area contributed by atoms with E-state index in [1.54, 1.807) is 11.3 Å². The predicted molar refractivity (Wildman–Crippen MR) is 80.8 cm³/mol. The molecule has 0 bridgehead atoms. The molecule has 0 unspecified atom stereocenters. The lowest BCUT2D eigenvalue weighted by molar-refractivity contribution is 0.0953. The van der Waals surface area contributed by atoms with Gasteiger partial charge in [-0.05, 0) is 31.4 Å². The fourth-order valence-electron chi connectivity index (χ4n) is 1.81. The zero-order chi connectivity index (χ0) is 14.7. The Labute approximate surface area is 122 Å². The summed E-state index contributed by atoms with van der Waals surface area (Å²) < 4.78 is 4.98. The van der Waals surface area contributed by atoms with Gasteiger partial charge in [-0.3, -0.25) is 4.79 Å². The van der Waals surface area contributed by atoms with Gasteiger partial charge in [-0.2, -0.15) is 0 Å². The molecule has 3 N–H and O–H groups in total. The van der Waals surface area contributed by atoms with E-state index in [4.69, 9.17) is 10.3 Å². The van der Waals surface area contributed by atoms with Gasteiger partial charge in [-0.25, -0.2) is 0 Å². The molecule has 0 spiro atoms. The monoisotopic (exact) mass is 293 g/mol. The van der Waals surface area contributed by atoms with Crippen LogP contribution in [0.5, 0.6) is 0 Å². The second-order valence-electron chi connectivity index (χ2n) is 5.12. The third kappa shape index (κ3) is 3.19. The second-order valence-corrected chi connectivity index (χ2v) is 6.41. The zero-order valence-corrected chi connectivity index (χ0v) is 12.7. The minimum absolute atomic E-state index is 0.0631. The summed E-state index contributed by atoms with van der Waals surface area (Å²) in [5, 5.41) is 6.77. The first-order valence-corrected chi connectivity index (χ1v) is 7.41. The number of anilines is 1. The van der Waals surface area contributed by atoms with Gasteiger partial charge in [0.25, 0.3) is 5.91 Å². The number of nitrogen functional groups attached to an aromatic ring is 1. The first-order chi connectivity index (χ1) is 9.49. The number of rotatable bonds is 5. The van der Waals surface area contributed by atoms with Gasteiger partial charge < -0.3 is 15.6 Å². The van der Waals surface area contributed by atoms with Crippen molar-refractivity contribution in [3.63, 3.8) is 0 Å². The van der Waals surface area contributed by atoms with Crippen molar-refractivity contribution in [2.45, 2.75) is 27.2 Å². The van der Waals surface area contributed by atoms with Gasteiger partial charge in [0.05, 0.1) is 4.88 Å². The molecule has 0 fully saturated rings. The Morgan fingerprint density at radius 2 is 2.25 bits per heavy atom. The van der Waals surface area contributed by atoms with E-state index in [-0.39, 0.29) is 11.8 Å². The highest BCUT2D eigenvalue weighted by atomic mass is 32.1. The van der Waals surface area contributed by atoms with E-state index in [2.05, 4.69) is 24.3 Å². The van der Waals surface area contributed by atoms with Gasteiger partial charge in [-0.1, -0.05) is 19.0 Å². The molecule has 108 valence electrons. The molecule has 1 amide bonds. The summed E-state index contributed by atoms with van der Waals surface area (Å²) in [4.78, 5) is 14.3. The molecule has 0 saturated carbocycles. The van der Waals surface area contributed by atoms with Crippen LogP contribution in [0.2, 0.25) is 0 Å². The maximum absolute atomic E-state index is 12.2. The maximum atomic E-state index is 12.2. The molecule has 6 heteroatoms. The van der Waals surface area contributed by atoms with Crippen molar-refractivity contribution in [3.8, 4) is 10.6 Å². The standard InChI is InChI=1S/C14H19N3O2S/c1-8(2)6-7-16-14(18)11-12(17-19-13(11)15)10-5-4-9(3)20-10/h4-5,8H,6-7,15H2,1-3H3,(H,16,18). The van der Waals surface area contributed by atoms with Crippen molar-refractivity contribution in [1.82, 2.24) is 10.5 Å². The first-order valence-electron chi connectivity index (χ1n) is 6.59. The van der Waals surface area contributed by atoms with E-state index < -0.39 is 0 Å². The van der Waals surface area contributed by atoms with Crippen LogP contribution in [0.1, 0.15) is 35.5 Å². The van der Waals surface area contributed by atoms with Crippen molar-refractivity contribution < 1.29 is 9.32 Å². The number of nitrogens with one attached hydrogen (secondary N) is 1. The minimum atomic E-state index is -0.231. The lowest BCUT2D eigenvalue weighted by Crippen LogP contribution is -2.26. The number of hydrogen-bond acceptors (Lipinski definition) is 5. The second kappa shape index (κ2) is 6.09. The normalized spacial score (nSPS) is 11.0. The van der Waals surface area contributed by atoms with Crippen molar-refractivity contribution in [2.24, 2.45) is 5.92 Å². The predicted octanol–water partition coefficient (Wildman–Crippen LogP) is 3.07. The molecule has 2 aromatic rings. The van der Waals surface area contributed by atoms with E-state index >= 15 is 0 Å². The highest BCUT2D eigenvalue weighted by Gasteiger charge is 2.23. The Bertz CT molecular complexity index is 601. The van der Waals surface area contributed by atoms with Gasteiger partial charge in [0, 0.05) is 11.4 Å². The molecule has 0 radical (unpaired) electrons. The molecule has 0 atom stereocenters. The Hall–Kier alpha value is -1.82. The Kier molecular flexibility index (Phi) is 4.44. The lowest BCUT2D eigenvalue weighted by atomic mass is 10.1. The van der Waals surface area contributed by atoms with Crippen LogP contribution in [0.3, 0.4) is 0 Å². The first kappa shape index (κ1) is 14.6. The van der Waals surface area contributed by atoms with Crippen LogP contribution in [-0.4, -0.2) is 17.6 Å². The summed E-state index contributed by atoms with van der Waals surface area (Å²) in [5.74, 6) is 0.369. The average Bonchev–Trinajstić information content (AvgIpc) is 2.94. The summed E-state index contributed by atoms with van der Waals surface area (Å²) in [7, 11) is 0. The summed E-state index contributed by atoms with van der Waals surface area (Å²) in [6.07, 6.45) is 0.921. The van der Waals surface area contributed by atoms with Crippen molar-refractivity contribution in [2.75, 3.05) is 12.3 Å². The van der Waals surface area contributed by atoms with Crippen molar-refractivity contribution in [3.05, 3.63) is 22.6 Å².